The third-order valence-electron chi connectivity index (χ3n) is 21.2. The fourth-order valence-electron chi connectivity index (χ4n) is 13.9. The van der Waals surface area contributed by atoms with Crippen LogP contribution in [0.3, 0.4) is 0 Å². The number of carbonyl (C=O) groups is 12. The number of guanidine groups is 1. The van der Waals surface area contributed by atoms with E-state index in [4.69, 9.17) is 39.8 Å². The highest BCUT2D eigenvalue weighted by molar-refractivity contribution is 8.76. The van der Waals surface area contributed by atoms with Gasteiger partial charge in [0.15, 0.2) is 18.0 Å². The van der Waals surface area contributed by atoms with Crippen LogP contribution in [-0.4, -0.2) is 365 Å². The number of hydrogen-bond acceptors (Lipinski definition) is 30. The number of phenolic OH excluding ortho intramolecular Hbond substituents is 2. The van der Waals surface area contributed by atoms with E-state index in [2.05, 4.69) is 87.1 Å². The largest absolute Gasteiger partial charge is 0.508 e. The number of primary amides is 2. The summed E-state index contributed by atoms with van der Waals surface area (Å²) in [5.41, 5.74) is 35.3. The van der Waals surface area contributed by atoms with Gasteiger partial charge >= 0.3 is 17.9 Å². The number of carbonyl (C=O) groups excluding carboxylic acids is 9. The first-order valence-corrected chi connectivity index (χ1v) is 46.3. The number of likely N-dealkylation sites (tertiary alicyclic amines) is 1. The van der Waals surface area contributed by atoms with Gasteiger partial charge < -0.3 is 158 Å². The lowest BCUT2D eigenvalue weighted by atomic mass is 10.0. The average molecular weight is 1990 g/mol. The summed E-state index contributed by atoms with van der Waals surface area (Å²) in [6.07, 6.45) is -3.15. The highest BCUT2D eigenvalue weighted by atomic mass is 33.1. The molecular weight excluding hydrogens is 1870 g/mol. The van der Waals surface area contributed by atoms with Crippen molar-refractivity contribution in [2.24, 2.45) is 79.3 Å². The third kappa shape index (κ3) is 38.9. The van der Waals surface area contributed by atoms with Crippen molar-refractivity contribution in [1.82, 2.24) is 47.1 Å². The van der Waals surface area contributed by atoms with Crippen molar-refractivity contribution < 1.29 is 134 Å². The molecule has 4 aromatic rings. The summed E-state index contributed by atoms with van der Waals surface area (Å²) in [7, 11) is 1.42. The lowest BCUT2D eigenvalue weighted by Gasteiger charge is -2.30. The summed E-state index contributed by atoms with van der Waals surface area (Å²) in [6.45, 7) is -1.84. The molecule has 52 nitrogen and oxygen atoms in total. The van der Waals surface area contributed by atoms with Crippen LogP contribution < -0.4 is 71.6 Å². The van der Waals surface area contributed by atoms with E-state index in [9.17, 15) is 129 Å². The Balaban J connectivity index is 1.42. The summed E-state index contributed by atoms with van der Waals surface area (Å²) in [6, 6.07) is -8.79. The van der Waals surface area contributed by atoms with E-state index < -0.39 is 290 Å². The number of aliphatic imine (C=N–C) groups is 9. The van der Waals surface area contributed by atoms with Gasteiger partial charge in [-0.2, -0.15) is 0 Å². The molecule has 6 rings (SSSR count). The maximum atomic E-state index is 15.2. The molecule has 0 radical (unpaired) electrons. The fraction of sp³-hybridized carbons (Fsp3) is 0.506. The number of aromatic amines is 1. The van der Waals surface area contributed by atoms with Gasteiger partial charge in [0.05, 0.1) is 38.5 Å². The zero-order valence-electron chi connectivity index (χ0n) is 75.6. The van der Waals surface area contributed by atoms with Crippen LogP contribution >= 0.6 is 21.6 Å². The number of carboxylic acids is 3. The Hall–Kier alpha value is -14.5. The molecule has 760 valence electrons. The number of aliphatic hydroxyl groups excluding tert-OH is 10. The minimum absolute atomic E-state index is 0.00930. The summed E-state index contributed by atoms with van der Waals surface area (Å²) in [4.78, 5) is 203. The highest BCUT2D eigenvalue weighted by Crippen LogP contribution is 2.28. The number of aromatic hydroxyl groups is 2. The van der Waals surface area contributed by atoms with Gasteiger partial charge in [-0.1, -0.05) is 64.1 Å². The molecule has 1 saturated heterocycles. The van der Waals surface area contributed by atoms with Gasteiger partial charge in [-0.25, -0.2) is 49.7 Å². The molecule has 36 N–H and O–H groups in total. The minimum Gasteiger partial charge on any atom is -0.508 e. The normalized spacial score (nSPS) is 20.9. The van der Waals surface area contributed by atoms with Gasteiger partial charge in [0, 0.05) is 67.4 Å². The van der Waals surface area contributed by atoms with Gasteiger partial charge in [-0.15, -0.1) is 0 Å². The number of carboxylic acid groups (broad SMARTS) is 3. The van der Waals surface area contributed by atoms with Crippen LogP contribution in [0.5, 0.6) is 11.5 Å². The molecule has 1 aromatic heterocycles. The molecule has 3 heterocycles. The average Bonchev–Trinajstić information content (AvgIpc) is 1.65. The fourth-order valence-corrected chi connectivity index (χ4v) is 16.2. The number of aromatic nitrogens is 1. The van der Waals surface area contributed by atoms with E-state index in [1.807, 2.05) is 0 Å². The van der Waals surface area contributed by atoms with Gasteiger partial charge in [0.25, 0.3) is 0 Å². The number of para-hydroxylation sites is 1. The van der Waals surface area contributed by atoms with Crippen molar-refractivity contribution in [3.05, 3.63) is 95.7 Å². The minimum atomic E-state index is -2.18. The number of phenols is 2. The molecule has 3 aromatic carbocycles. The van der Waals surface area contributed by atoms with Crippen LogP contribution in [0.25, 0.3) is 10.9 Å². The second-order valence-electron chi connectivity index (χ2n) is 32.1. The summed E-state index contributed by atoms with van der Waals surface area (Å²) >= 11 is 0. The Morgan fingerprint density at radius 1 is 0.547 bits per heavy atom. The van der Waals surface area contributed by atoms with E-state index in [0.717, 1.165) is 15.7 Å². The molecule has 54 heteroatoms. The molecule has 0 saturated carbocycles. The SMILES string of the molecule is C[C@@H](NC(=O)[C@@H]1CCCN1C(=O)[C@@H](Cc1c[nH]c2ccccc12)NC(=O)CNC(=O)C(CCC(N)=O)NC(=O)C(CCCNC(=N)N)NC(=O)[C@H](N)CC(=O)O)C(=O)N[C@@H]1CSSC[C@@H](C(=O)O)N=C(O)[C@H](CCCCN)N=C(O)[C@H](Cc2ccc(O)cc2)N=C(O)C(CC(N)=O)N=C(O)CN=C(O)[C@@H](CCCCN)N=C(O)[C@@H](CO)N=C(O)[C@@H](CC(=O)O)N=C(O)[C@@H](Cc2ccc(O)cc2)N=C1O. The Morgan fingerprint density at radius 3 is 1.65 bits per heavy atom. The number of rotatable bonds is 42. The van der Waals surface area contributed by atoms with Crippen molar-refractivity contribution in [1.29, 1.82) is 5.41 Å². The predicted octanol–water partition coefficient (Wildman–Crippen LogP) is -1.87. The molecule has 0 spiro atoms. The van der Waals surface area contributed by atoms with Crippen molar-refractivity contribution in [2.75, 3.05) is 57.4 Å². The van der Waals surface area contributed by atoms with Crippen LogP contribution in [0.4, 0.5) is 0 Å². The first-order valence-electron chi connectivity index (χ1n) is 43.9. The lowest BCUT2D eigenvalue weighted by Crippen LogP contribution is -2.58. The molecule has 1 fully saturated rings. The molecule has 0 bridgehead atoms. The summed E-state index contributed by atoms with van der Waals surface area (Å²) < 4.78 is 0. The van der Waals surface area contributed by atoms with E-state index in [1.165, 1.54) is 55.5 Å². The number of aliphatic hydroxyl groups is 10. The predicted molar refractivity (Wildman–Crippen MR) is 514 cm³/mol. The number of unbranched alkanes of at least 4 members (excludes halogenated alkanes) is 2. The zero-order valence-corrected chi connectivity index (χ0v) is 77.3. The van der Waals surface area contributed by atoms with Crippen LogP contribution in [-0.2, 0) is 76.8 Å². The Bertz CT molecular complexity index is 5190. The third-order valence-corrected chi connectivity index (χ3v) is 23.6. The van der Waals surface area contributed by atoms with Gasteiger partial charge in [0.2, 0.25) is 106 Å². The molecule has 3 unspecified atom stereocenters. The number of nitrogens with zero attached hydrogens (tertiary/aromatic N) is 10. The monoisotopic (exact) mass is 1990 g/mol. The van der Waals surface area contributed by atoms with Crippen molar-refractivity contribution in [3.8, 4) is 11.5 Å². The first-order chi connectivity index (χ1) is 66.0. The number of nitrogens with one attached hydrogen (secondary N) is 9. The molecule has 2 aliphatic heterocycles. The maximum Gasteiger partial charge on any atom is 0.329 e. The molecule has 15 atom stereocenters. The van der Waals surface area contributed by atoms with Crippen LogP contribution in [0.15, 0.2) is 124 Å². The number of fused-ring (bicyclic) bond motifs is 1. The summed E-state index contributed by atoms with van der Waals surface area (Å²) in [5, 5.41) is 193. The Labute approximate surface area is 802 Å². The molecular formula is C85H121N25O27S2. The molecule has 9 amide bonds. The standard InChI is InChI=1S/C85H121N25O27S2/c1-42(97-82(134)63-15-9-29-110(63)83(135)59(32-45-36-94-50-11-3-2-10-48(45)50)99-67(117)38-96-73(125)54(24-25-64(89)114)103-74(126)53(14-8-28-93-85(91)92)100-71(123)49(88)33-68(118)119)70(122)108-61-40-138-139-41-62(84(136)137)109-75(127)52(13-5-7-27-87)102-76(128)55(30-43-16-20-46(112)21-17-43)104-78(130)57(34-65(90)115)98-66(116)37-95-72(124)51(12-4-6-26-86)101-80(132)60(39-111)107-79(131)58(35-69(120)121)106-77(129)56(105-81(61)133)31-44-18-22-47(113)23-19-44/h2-3,10-11,16-23,36,42,49,51-63,94,111-113H,4-9,12-15,24-35,37-41,86-88H2,1H3,(H2,89,114)(H2,90,115)(H,95,124)(H,96,125)(H,97,134)(H,98,116)(H,99,117)(H,100,123)(H,101,132)(H,102,128)(H,103,126)(H,104,130)(H,105,133)(H,106,129)(H,107,131)(H,108,122)(H,109,127)(H,118,119)(H,120,121)(H,136,137)(H4,91,92,93)/t42-,49-,51-,52+,53?,54?,55+,56-,57?,58-,59-,60-,61-,62+,63+/m1/s1. The van der Waals surface area contributed by atoms with Crippen molar-refractivity contribution in [3.63, 3.8) is 0 Å². The quantitative estimate of drug-likeness (QED) is 0.01000. The smallest absolute Gasteiger partial charge is 0.329 e. The molecule has 2 aliphatic rings. The Morgan fingerprint density at radius 2 is 1.08 bits per heavy atom. The van der Waals surface area contributed by atoms with Gasteiger partial charge in [0.1, 0.15) is 90.5 Å². The lowest BCUT2D eigenvalue weighted by molar-refractivity contribution is -0.142. The van der Waals surface area contributed by atoms with E-state index >= 15 is 4.79 Å². The van der Waals surface area contributed by atoms with Crippen LogP contribution in [0.2, 0.25) is 0 Å². The van der Waals surface area contributed by atoms with Gasteiger partial charge in [-0.3, -0.25) is 58.1 Å². The number of benzene rings is 3. The van der Waals surface area contributed by atoms with Crippen molar-refractivity contribution in [2.45, 2.75) is 213 Å². The second kappa shape index (κ2) is 57.5. The van der Waals surface area contributed by atoms with Crippen LogP contribution in [0, 0.1) is 5.41 Å². The number of nitrogens with two attached hydrogens (primary N) is 6. The maximum absolute atomic E-state index is 15.2. The van der Waals surface area contributed by atoms with Crippen LogP contribution in [0.1, 0.15) is 120 Å². The number of aliphatic carboxylic acids is 3. The second-order valence-corrected chi connectivity index (χ2v) is 34.7. The number of hydrogen-bond donors (Lipinski definition) is 30. The highest BCUT2D eigenvalue weighted by Gasteiger charge is 2.41. The first kappa shape index (κ1) is 113. The summed E-state index contributed by atoms with van der Waals surface area (Å²) in [5.74, 6) is -25.8. The van der Waals surface area contributed by atoms with Crippen molar-refractivity contribution >= 4 is 163 Å². The zero-order chi connectivity index (χ0) is 103. The Kier molecular flexibility index (Phi) is 46.8. The van der Waals surface area contributed by atoms with E-state index in [1.54, 1.807) is 30.5 Å². The van der Waals surface area contributed by atoms with E-state index in [0.29, 0.717) is 32.8 Å². The molecule has 139 heavy (non-hydrogen) atoms. The number of amides is 9. The van der Waals surface area contributed by atoms with E-state index in [-0.39, 0.29) is 120 Å². The number of H-pyrrole nitrogens is 1. The topological polar surface area (TPSA) is 903 Å². The van der Waals surface area contributed by atoms with Gasteiger partial charge in [-0.05, 0) is 138 Å². The molecule has 0 aliphatic carbocycles.